The Kier molecular flexibility index (Phi) is 5.53. The predicted molar refractivity (Wildman–Crippen MR) is 100 cm³/mol. The van der Waals surface area contributed by atoms with Crippen molar-refractivity contribution in [1.82, 2.24) is 15.1 Å². The summed E-state index contributed by atoms with van der Waals surface area (Å²) in [5.41, 5.74) is 0. The zero-order valence-electron chi connectivity index (χ0n) is 15.5. The van der Waals surface area contributed by atoms with E-state index < -0.39 is 0 Å². The van der Waals surface area contributed by atoms with E-state index in [1.807, 2.05) is 4.90 Å². The Bertz CT molecular complexity index is 586. The molecule has 0 bridgehead atoms. The average Bonchev–Trinajstić information content (AvgIpc) is 3.10. The topological polar surface area (TPSA) is 61.8 Å². The molecule has 4 heterocycles. The van der Waals surface area contributed by atoms with Gasteiger partial charge < -0.3 is 19.4 Å². The van der Waals surface area contributed by atoms with Crippen LogP contribution in [0.15, 0.2) is 12.1 Å². The molecule has 3 fully saturated rings. The van der Waals surface area contributed by atoms with E-state index in [0.29, 0.717) is 6.61 Å². The third-order valence-electron chi connectivity index (χ3n) is 5.76. The molecule has 0 aromatic carbocycles. The van der Waals surface area contributed by atoms with Crippen LogP contribution in [0.1, 0.15) is 32.1 Å². The van der Waals surface area contributed by atoms with Crippen LogP contribution in [-0.4, -0.2) is 73.5 Å². The fourth-order valence-corrected chi connectivity index (χ4v) is 4.10. The van der Waals surface area contributed by atoms with Gasteiger partial charge in [0.2, 0.25) is 5.91 Å². The summed E-state index contributed by atoms with van der Waals surface area (Å²) in [4.78, 5) is 19.0. The van der Waals surface area contributed by atoms with Gasteiger partial charge in [-0.15, -0.1) is 10.2 Å². The molecular formula is C19H29N5O2. The second-order valence-corrected chi connectivity index (χ2v) is 7.52. The maximum absolute atomic E-state index is 12.5. The Morgan fingerprint density at radius 2 is 1.50 bits per heavy atom. The number of piperazine rings is 1. The molecule has 0 aliphatic carbocycles. The van der Waals surface area contributed by atoms with Crippen molar-refractivity contribution in [2.24, 2.45) is 5.92 Å². The molecule has 7 nitrogen and oxygen atoms in total. The van der Waals surface area contributed by atoms with Crippen molar-refractivity contribution in [1.29, 1.82) is 0 Å². The molecule has 4 rings (SSSR count). The van der Waals surface area contributed by atoms with Gasteiger partial charge in [0, 0.05) is 45.9 Å². The van der Waals surface area contributed by atoms with E-state index in [2.05, 4.69) is 32.1 Å². The molecule has 3 saturated heterocycles. The summed E-state index contributed by atoms with van der Waals surface area (Å²) in [6.07, 6.45) is 5.98. The van der Waals surface area contributed by atoms with Gasteiger partial charge in [-0.05, 0) is 31.4 Å². The molecule has 3 aliphatic rings. The van der Waals surface area contributed by atoms with E-state index in [-0.39, 0.29) is 11.8 Å². The van der Waals surface area contributed by atoms with Crippen LogP contribution in [-0.2, 0) is 9.53 Å². The zero-order valence-corrected chi connectivity index (χ0v) is 15.5. The van der Waals surface area contributed by atoms with Gasteiger partial charge in [-0.3, -0.25) is 4.79 Å². The average molecular weight is 359 g/mol. The van der Waals surface area contributed by atoms with E-state index in [1.54, 1.807) is 0 Å². The molecule has 142 valence electrons. The minimum absolute atomic E-state index is 0.0641. The molecular weight excluding hydrogens is 330 g/mol. The molecule has 1 aromatic heterocycles. The number of amides is 1. The zero-order chi connectivity index (χ0) is 17.8. The second-order valence-electron chi connectivity index (χ2n) is 7.52. The van der Waals surface area contributed by atoms with Crippen LogP contribution < -0.4 is 9.80 Å². The number of ether oxygens (including phenoxy) is 1. The second kappa shape index (κ2) is 8.20. The molecule has 0 saturated carbocycles. The Balaban J connectivity index is 1.32. The van der Waals surface area contributed by atoms with Gasteiger partial charge in [-0.25, -0.2) is 0 Å². The lowest BCUT2D eigenvalue weighted by Gasteiger charge is -2.36. The standard InChI is InChI=1S/C19H29N5O2/c25-19(16-7-14-26-15-16)24-12-10-23(11-13-24)18-6-5-17(20-21-18)22-8-3-1-2-4-9-22/h5-6,16H,1-4,7-15H2. The molecule has 1 amide bonds. The number of hydrogen-bond donors (Lipinski definition) is 0. The Hall–Kier alpha value is -1.89. The van der Waals surface area contributed by atoms with Crippen LogP contribution in [0.3, 0.4) is 0 Å². The number of hydrogen-bond acceptors (Lipinski definition) is 6. The van der Waals surface area contributed by atoms with Gasteiger partial charge in [0.25, 0.3) is 0 Å². The van der Waals surface area contributed by atoms with E-state index in [0.717, 1.165) is 63.9 Å². The molecule has 0 spiro atoms. The Morgan fingerprint density at radius 1 is 0.885 bits per heavy atom. The van der Waals surface area contributed by atoms with Crippen molar-refractivity contribution in [3.05, 3.63) is 12.1 Å². The number of carbonyl (C=O) groups excluding carboxylic acids is 1. The quantitative estimate of drug-likeness (QED) is 0.816. The molecule has 1 atom stereocenters. The maximum Gasteiger partial charge on any atom is 0.228 e. The van der Waals surface area contributed by atoms with Crippen LogP contribution in [0.4, 0.5) is 11.6 Å². The summed E-state index contributed by atoms with van der Waals surface area (Å²) in [6, 6.07) is 4.18. The minimum Gasteiger partial charge on any atom is -0.381 e. The number of carbonyl (C=O) groups is 1. The highest BCUT2D eigenvalue weighted by atomic mass is 16.5. The van der Waals surface area contributed by atoms with Gasteiger partial charge in [0.05, 0.1) is 12.5 Å². The summed E-state index contributed by atoms with van der Waals surface area (Å²) >= 11 is 0. The predicted octanol–water partition coefficient (Wildman–Crippen LogP) is 1.54. The monoisotopic (exact) mass is 359 g/mol. The Labute approximate surface area is 155 Å². The van der Waals surface area contributed by atoms with Crippen molar-refractivity contribution in [3.8, 4) is 0 Å². The summed E-state index contributed by atoms with van der Waals surface area (Å²) < 4.78 is 5.35. The van der Waals surface area contributed by atoms with E-state index in [9.17, 15) is 4.79 Å². The lowest BCUT2D eigenvalue weighted by atomic mass is 10.1. The van der Waals surface area contributed by atoms with Gasteiger partial charge >= 0.3 is 0 Å². The van der Waals surface area contributed by atoms with Crippen molar-refractivity contribution < 1.29 is 9.53 Å². The van der Waals surface area contributed by atoms with Crippen LogP contribution in [0.25, 0.3) is 0 Å². The molecule has 3 aliphatic heterocycles. The van der Waals surface area contributed by atoms with Gasteiger partial charge in [-0.2, -0.15) is 0 Å². The normalized spacial score (nSPS) is 24.6. The SMILES string of the molecule is O=C(C1CCOC1)N1CCN(c2ccc(N3CCCCCC3)nn2)CC1. The molecule has 7 heteroatoms. The van der Waals surface area contributed by atoms with E-state index in [4.69, 9.17) is 4.74 Å². The third kappa shape index (κ3) is 3.92. The van der Waals surface area contributed by atoms with Gasteiger partial charge in [0.1, 0.15) is 0 Å². The number of rotatable bonds is 3. The van der Waals surface area contributed by atoms with Crippen molar-refractivity contribution in [2.45, 2.75) is 32.1 Å². The first-order valence-electron chi connectivity index (χ1n) is 10.0. The van der Waals surface area contributed by atoms with E-state index in [1.165, 1.54) is 25.7 Å². The highest BCUT2D eigenvalue weighted by Gasteiger charge is 2.30. The maximum atomic E-state index is 12.5. The van der Waals surface area contributed by atoms with Gasteiger partial charge in [0.15, 0.2) is 11.6 Å². The minimum atomic E-state index is 0.0641. The summed E-state index contributed by atoms with van der Waals surface area (Å²) in [5.74, 6) is 2.23. The smallest absolute Gasteiger partial charge is 0.228 e. The van der Waals surface area contributed by atoms with Crippen LogP contribution in [0.5, 0.6) is 0 Å². The molecule has 1 unspecified atom stereocenters. The fourth-order valence-electron chi connectivity index (χ4n) is 4.10. The third-order valence-corrected chi connectivity index (χ3v) is 5.76. The highest BCUT2D eigenvalue weighted by molar-refractivity contribution is 5.79. The first-order chi connectivity index (χ1) is 12.8. The van der Waals surface area contributed by atoms with Crippen LogP contribution in [0.2, 0.25) is 0 Å². The van der Waals surface area contributed by atoms with Gasteiger partial charge in [-0.1, -0.05) is 12.8 Å². The Morgan fingerprint density at radius 3 is 2.04 bits per heavy atom. The molecule has 1 aromatic rings. The fraction of sp³-hybridized carbons (Fsp3) is 0.737. The lowest BCUT2D eigenvalue weighted by molar-refractivity contribution is -0.135. The number of aromatic nitrogens is 2. The lowest BCUT2D eigenvalue weighted by Crippen LogP contribution is -2.50. The van der Waals surface area contributed by atoms with Crippen LogP contribution in [0, 0.1) is 5.92 Å². The van der Waals surface area contributed by atoms with Crippen molar-refractivity contribution in [3.63, 3.8) is 0 Å². The number of anilines is 2. The largest absolute Gasteiger partial charge is 0.381 e. The molecule has 0 radical (unpaired) electrons. The molecule has 26 heavy (non-hydrogen) atoms. The first-order valence-corrected chi connectivity index (χ1v) is 10.0. The van der Waals surface area contributed by atoms with Crippen molar-refractivity contribution in [2.75, 3.05) is 62.3 Å². The van der Waals surface area contributed by atoms with Crippen molar-refractivity contribution >= 4 is 17.5 Å². The highest BCUT2D eigenvalue weighted by Crippen LogP contribution is 2.21. The van der Waals surface area contributed by atoms with Crippen LogP contribution >= 0.6 is 0 Å². The molecule has 0 N–H and O–H groups in total. The first kappa shape index (κ1) is 17.5. The number of nitrogens with zero attached hydrogens (tertiary/aromatic N) is 5. The summed E-state index contributed by atoms with van der Waals surface area (Å²) in [7, 11) is 0. The summed E-state index contributed by atoms with van der Waals surface area (Å²) in [6.45, 7) is 6.61. The van der Waals surface area contributed by atoms with E-state index >= 15 is 0 Å². The summed E-state index contributed by atoms with van der Waals surface area (Å²) in [5, 5.41) is 8.94.